The Balaban J connectivity index is 1.95. The molecular formula is C21H28N4O. The highest BCUT2D eigenvalue weighted by atomic mass is 16.1. The van der Waals surface area contributed by atoms with E-state index in [9.17, 15) is 4.79 Å². The van der Waals surface area contributed by atoms with Crippen molar-refractivity contribution in [3.05, 3.63) is 36.2 Å². The lowest BCUT2D eigenvalue weighted by molar-refractivity contribution is -0.119. The Bertz CT molecular complexity index is 751. The maximum absolute atomic E-state index is 12.4. The second-order valence-corrected chi connectivity index (χ2v) is 7.24. The maximum atomic E-state index is 12.4. The molecule has 3 N–H and O–H groups in total. The van der Waals surface area contributed by atoms with E-state index in [1.54, 1.807) is 6.20 Å². The molecule has 1 heterocycles. The molecule has 1 fully saturated rings. The van der Waals surface area contributed by atoms with Gasteiger partial charge < -0.3 is 11.1 Å². The molecule has 1 aromatic carbocycles. The molecule has 0 aliphatic heterocycles. The van der Waals surface area contributed by atoms with Crippen LogP contribution in [0.1, 0.15) is 64.0 Å². The Hall–Kier alpha value is -2.43. The number of nitrogen functional groups attached to an aromatic ring is 1. The second-order valence-electron chi connectivity index (χ2n) is 7.24. The van der Waals surface area contributed by atoms with Crippen LogP contribution in [0.4, 0.5) is 11.5 Å². The van der Waals surface area contributed by atoms with Gasteiger partial charge in [-0.25, -0.2) is 9.97 Å². The standard InChI is InChI=1S/C21H28N4O/c1-3-14(2)21(26)25-20-19(16-7-5-4-6-8-16)24-18(13-23-20)15-9-11-17(22)12-10-15/h9-14,16H,3-8,22H2,1-2H3,(H,23,25,26). The second kappa shape index (κ2) is 8.30. The Morgan fingerprint density at radius 2 is 1.92 bits per heavy atom. The van der Waals surface area contributed by atoms with E-state index >= 15 is 0 Å². The molecule has 1 saturated carbocycles. The molecule has 1 aromatic heterocycles. The SMILES string of the molecule is CCC(C)C(=O)Nc1ncc(-c2ccc(N)cc2)nc1C1CCCCC1. The molecule has 1 aliphatic rings. The van der Waals surface area contributed by atoms with Crippen LogP contribution in [-0.2, 0) is 4.79 Å². The first-order valence-electron chi connectivity index (χ1n) is 9.62. The first-order chi connectivity index (χ1) is 12.6. The zero-order valence-electron chi connectivity index (χ0n) is 15.7. The minimum Gasteiger partial charge on any atom is -0.399 e. The van der Waals surface area contributed by atoms with Crippen molar-refractivity contribution < 1.29 is 4.79 Å². The monoisotopic (exact) mass is 352 g/mol. The summed E-state index contributed by atoms with van der Waals surface area (Å²) in [5, 5.41) is 3.01. The van der Waals surface area contributed by atoms with Crippen molar-refractivity contribution in [3.8, 4) is 11.3 Å². The Labute approximate surface area is 155 Å². The molecule has 1 amide bonds. The third-order valence-corrected chi connectivity index (χ3v) is 5.30. The van der Waals surface area contributed by atoms with Crippen molar-refractivity contribution in [1.82, 2.24) is 9.97 Å². The van der Waals surface area contributed by atoms with Gasteiger partial charge in [0.05, 0.1) is 17.6 Å². The molecule has 1 unspecified atom stereocenters. The molecule has 0 spiro atoms. The van der Waals surface area contributed by atoms with Gasteiger partial charge in [0.2, 0.25) is 5.91 Å². The third kappa shape index (κ3) is 4.21. The fourth-order valence-electron chi connectivity index (χ4n) is 3.38. The van der Waals surface area contributed by atoms with Gasteiger partial charge in [0.25, 0.3) is 0 Å². The molecule has 1 aliphatic carbocycles. The maximum Gasteiger partial charge on any atom is 0.228 e. The van der Waals surface area contributed by atoms with Crippen LogP contribution in [0.3, 0.4) is 0 Å². The number of hydrogen-bond acceptors (Lipinski definition) is 4. The molecule has 26 heavy (non-hydrogen) atoms. The molecule has 0 radical (unpaired) electrons. The molecular weight excluding hydrogens is 324 g/mol. The number of aromatic nitrogens is 2. The van der Waals surface area contributed by atoms with E-state index in [0.717, 1.165) is 41.9 Å². The van der Waals surface area contributed by atoms with Crippen molar-refractivity contribution in [2.75, 3.05) is 11.1 Å². The van der Waals surface area contributed by atoms with Gasteiger partial charge in [-0.2, -0.15) is 0 Å². The van der Waals surface area contributed by atoms with Crippen LogP contribution in [-0.4, -0.2) is 15.9 Å². The summed E-state index contributed by atoms with van der Waals surface area (Å²) in [5.41, 5.74) is 9.26. The van der Waals surface area contributed by atoms with E-state index in [1.807, 2.05) is 38.1 Å². The summed E-state index contributed by atoms with van der Waals surface area (Å²) in [6.07, 6.45) is 8.44. The van der Waals surface area contributed by atoms with Gasteiger partial charge in [0.1, 0.15) is 0 Å². The lowest BCUT2D eigenvalue weighted by Gasteiger charge is -2.24. The molecule has 0 saturated heterocycles. The lowest BCUT2D eigenvalue weighted by Crippen LogP contribution is -2.22. The van der Waals surface area contributed by atoms with E-state index in [2.05, 4.69) is 10.3 Å². The number of rotatable bonds is 5. The van der Waals surface area contributed by atoms with E-state index in [4.69, 9.17) is 10.7 Å². The van der Waals surface area contributed by atoms with E-state index in [1.165, 1.54) is 19.3 Å². The summed E-state index contributed by atoms with van der Waals surface area (Å²) in [5.74, 6) is 0.963. The van der Waals surface area contributed by atoms with Gasteiger partial charge in [-0.1, -0.05) is 45.2 Å². The molecule has 1 atom stereocenters. The van der Waals surface area contributed by atoms with Crippen LogP contribution >= 0.6 is 0 Å². The highest BCUT2D eigenvalue weighted by molar-refractivity contribution is 5.92. The number of nitrogens with zero attached hydrogens (tertiary/aromatic N) is 2. The minimum absolute atomic E-state index is 0.0131. The van der Waals surface area contributed by atoms with E-state index < -0.39 is 0 Å². The summed E-state index contributed by atoms with van der Waals surface area (Å²) >= 11 is 0. The number of hydrogen-bond donors (Lipinski definition) is 2. The summed E-state index contributed by atoms with van der Waals surface area (Å²) in [7, 11) is 0. The van der Waals surface area contributed by atoms with Gasteiger partial charge in [-0.05, 0) is 31.4 Å². The number of nitrogens with one attached hydrogen (secondary N) is 1. The topological polar surface area (TPSA) is 80.9 Å². The smallest absolute Gasteiger partial charge is 0.228 e. The highest BCUT2D eigenvalue weighted by Crippen LogP contribution is 2.35. The number of anilines is 2. The van der Waals surface area contributed by atoms with Crippen LogP contribution in [0.25, 0.3) is 11.3 Å². The molecule has 0 bridgehead atoms. The number of benzene rings is 1. The van der Waals surface area contributed by atoms with Crippen molar-refractivity contribution >= 4 is 17.4 Å². The average Bonchev–Trinajstić information content (AvgIpc) is 2.69. The Morgan fingerprint density at radius 1 is 1.23 bits per heavy atom. The van der Waals surface area contributed by atoms with Crippen molar-refractivity contribution in [3.63, 3.8) is 0 Å². The predicted molar refractivity (Wildman–Crippen MR) is 106 cm³/mol. The fourth-order valence-corrected chi connectivity index (χ4v) is 3.38. The van der Waals surface area contributed by atoms with Crippen LogP contribution in [0.5, 0.6) is 0 Å². The van der Waals surface area contributed by atoms with E-state index in [0.29, 0.717) is 11.7 Å². The number of carbonyl (C=O) groups excluding carboxylic acids is 1. The molecule has 5 nitrogen and oxygen atoms in total. The summed E-state index contributed by atoms with van der Waals surface area (Å²) in [6.45, 7) is 3.95. The molecule has 2 aromatic rings. The Morgan fingerprint density at radius 3 is 2.58 bits per heavy atom. The molecule has 138 valence electrons. The Kier molecular flexibility index (Phi) is 5.86. The van der Waals surface area contributed by atoms with Gasteiger partial charge in [-0.15, -0.1) is 0 Å². The normalized spacial score (nSPS) is 16.2. The number of carbonyl (C=O) groups is 1. The van der Waals surface area contributed by atoms with Gasteiger partial charge in [0, 0.05) is 23.1 Å². The largest absolute Gasteiger partial charge is 0.399 e. The van der Waals surface area contributed by atoms with Crippen LogP contribution < -0.4 is 11.1 Å². The van der Waals surface area contributed by atoms with Crippen LogP contribution in [0.2, 0.25) is 0 Å². The van der Waals surface area contributed by atoms with Gasteiger partial charge in [0.15, 0.2) is 5.82 Å². The first kappa shape index (κ1) is 18.4. The van der Waals surface area contributed by atoms with Crippen molar-refractivity contribution in [2.24, 2.45) is 5.92 Å². The molecule has 5 heteroatoms. The van der Waals surface area contributed by atoms with Gasteiger partial charge >= 0.3 is 0 Å². The summed E-state index contributed by atoms with van der Waals surface area (Å²) < 4.78 is 0. The fraction of sp³-hybridized carbons (Fsp3) is 0.476. The predicted octanol–water partition coefficient (Wildman–Crippen LogP) is 4.76. The first-order valence-corrected chi connectivity index (χ1v) is 9.62. The van der Waals surface area contributed by atoms with E-state index in [-0.39, 0.29) is 11.8 Å². The minimum atomic E-state index is -0.0345. The molecule has 3 rings (SSSR count). The van der Waals surface area contributed by atoms with Crippen LogP contribution in [0.15, 0.2) is 30.5 Å². The summed E-state index contributed by atoms with van der Waals surface area (Å²) in [4.78, 5) is 21.9. The van der Waals surface area contributed by atoms with Gasteiger partial charge in [-0.3, -0.25) is 4.79 Å². The number of amides is 1. The zero-order chi connectivity index (χ0) is 18.5. The van der Waals surface area contributed by atoms with Crippen molar-refractivity contribution in [1.29, 1.82) is 0 Å². The number of nitrogens with two attached hydrogens (primary N) is 1. The third-order valence-electron chi connectivity index (χ3n) is 5.30. The van der Waals surface area contributed by atoms with Crippen LogP contribution in [0, 0.1) is 5.92 Å². The quantitative estimate of drug-likeness (QED) is 0.760. The zero-order valence-corrected chi connectivity index (χ0v) is 15.7. The van der Waals surface area contributed by atoms with Crippen molar-refractivity contribution in [2.45, 2.75) is 58.3 Å². The highest BCUT2D eigenvalue weighted by Gasteiger charge is 2.23. The lowest BCUT2D eigenvalue weighted by atomic mass is 9.86. The summed E-state index contributed by atoms with van der Waals surface area (Å²) in [6, 6.07) is 7.66. The average molecular weight is 352 g/mol.